The Balaban J connectivity index is 1.49. The Kier molecular flexibility index (Phi) is 5.71. The van der Waals surface area contributed by atoms with Crippen LogP contribution in [0, 0.1) is 13.8 Å². The van der Waals surface area contributed by atoms with E-state index in [1.54, 1.807) is 0 Å². The van der Waals surface area contributed by atoms with Crippen molar-refractivity contribution in [1.29, 1.82) is 0 Å². The van der Waals surface area contributed by atoms with Crippen LogP contribution in [0.4, 0.5) is 29.6 Å². The maximum Gasteiger partial charge on any atom is 0.416 e. The molecule has 2 amide bonds. The maximum atomic E-state index is 12.6. The molecular formula is C19H22F3N5O. The molecule has 1 aromatic carbocycles. The number of urea groups is 1. The first-order valence-corrected chi connectivity index (χ1v) is 9.03. The van der Waals surface area contributed by atoms with Crippen LogP contribution in [-0.2, 0) is 6.18 Å². The summed E-state index contributed by atoms with van der Waals surface area (Å²) in [5, 5.41) is 5.44. The van der Waals surface area contributed by atoms with Crippen LogP contribution in [0.2, 0.25) is 0 Å². The molecule has 0 saturated carbocycles. The number of hydrogen-bond acceptors (Lipinski definition) is 4. The SMILES string of the molecule is Cc1cc(C)nc(N2CCC(NC(=O)Nc3ccc(C(F)(F)F)cc3)CC2)n1. The van der Waals surface area contributed by atoms with E-state index in [9.17, 15) is 18.0 Å². The standard InChI is InChI=1S/C19H22F3N5O/c1-12-11-13(2)24-17(23-12)27-9-7-16(8-10-27)26-18(28)25-15-5-3-14(4-6-15)19(20,21)22/h3-6,11,16H,7-10H2,1-2H3,(H2,25,26,28). The minimum atomic E-state index is -4.39. The highest BCUT2D eigenvalue weighted by Gasteiger charge is 2.30. The monoisotopic (exact) mass is 393 g/mol. The largest absolute Gasteiger partial charge is 0.416 e. The van der Waals surface area contributed by atoms with Gasteiger partial charge in [-0.15, -0.1) is 0 Å². The number of aryl methyl sites for hydroxylation is 2. The van der Waals surface area contributed by atoms with Crippen molar-refractivity contribution in [2.75, 3.05) is 23.3 Å². The third-order valence-electron chi connectivity index (χ3n) is 4.55. The van der Waals surface area contributed by atoms with Gasteiger partial charge in [0.2, 0.25) is 5.95 Å². The zero-order chi connectivity index (χ0) is 20.3. The van der Waals surface area contributed by atoms with Crippen molar-refractivity contribution < 1.29 is 18.0 Å². The zero-order valence-corrected chi connectivity index (χ0v) is 15.7. The normalized spacial score (nSPS) is 15.4. The fraction of sp³-hybridized carbons (Fsp3) is 0.421. The van der Waals surface area contributed by atoms with Gasteiger partial charge in [-0.3, -0.25) is 0 Å². The fourth-order valence-corrected chi connectivity index (χ4v) is 3.17. The summed E-state index contributed by atoms with van der Waals surface area (Å²) in [5.41, 5.74) is 1.39. The van der Waals surface area contributed by atoms with Crippen LogP contribution >= 0.6 is 0 Å². The van der Waals surface area contributed by atoms with Gasteiger partial charge in [-0.2, -0.15) is 13.2 Å². The lowest BCUT2D eigenvalue weighted by molar-refractivity contribution is -0.137. The molecule has 2 heterocycles. The van der Waals surface area contributed by atoms with Gasteiger partial charge in [-0.1, -0.05) is 0 Å². The predicted molar refractivity (Wildman–Crippen MR) is 100 cm³/mol. The van der Waals surface area contributed by atoms with E-state index >= 15 is 0 Å². The zero-order valence-electron chi connectivity index (χ0n) is 15.7. The second kappa shape index (κ2) is 8.04. The van der Waals surface area contributed by atoms with E-state index in [-0.39, 0.29) is 6.04 Å². The Labute approximate surface area is 161 Å². The first-order valence-electron chi connectivity index (χ1n) is 9.03. The number of alkyl halides is 3. The van der Waals surface area contributed by atoms with Crippen LogP contribution in [0.3, 0.4) is 0 Å². The van der Waals surface area contributed by atoms with Crippen LogP contribution in [-0.4, -0.2) is 35.1 Å². The lowest BCUT2D eigenvalue weighted by Crippen LogP contribution is -2.46. The Hall–Kier alpha value is -2.84. The van der Waals surface area contributed by atoms with Gasteiger partial charge in [-0.25, -0.2) is 14.8 Å². The molecule has 6 nitrogen and oxygen atoms in total. The van der Waals surface area contributed by atoms with E-state index in [2.05, 4.69) is 25.5 Å². The molecule has 0 aliphatic carbocycles. The molecule has 0 unspecified atom stereocenters. The second-order valence-electron chi connectivity index (χ2n) is 6.89. The van der Waals surface area contributed by atoms with Gasteiger partial charge in [0.05, 0.1) is 5.56 Å². The molecule has 9 heteroatoms. The van der Waals surface area contributed by atoms with E-state index in [0.29, 0.717) is 24.7 Å². The van der Waals surface area contributed by atoms with Crippen molar-refractivity contribution in [3.8, 4) is 0 Å². The molecule has 150 valence electrons. The van der Waals surface area contributed by atoms with E-state index in [0.717, 1.165) is 36.4 Å². The molecule has 0 spiro atoms. The number of carbonyl (C=O) groups excluding carboxylic acids is 1. The lowest BCUT2D eigenvalue weighted by Gasteiger charge is -2.32. The number of nitrogens with zero attached hydrogens (tertiary/aromatic N) is 3. The lowest BCUT2D eigenvalue weighted by atomic mass is 10.1. The van der Waals surface area contributed by atoms with Crippen molar-refractivity contribution in [3.63, 3.8) is 0 Å². The summed E-state index contributed by atoms with van der Waals surface area (Å²) in [6, 6.07) is 5.84. The van der Waals surface area contributed by atoms with Crippen molar-refractivity contribution in [2.45, 2.75) is 38.9 Å². The van der Waals surface area contributed by atoms with Crippen LogP contribution in [0.15, 0.2) is 30.3 Å². The van der Waals surface area contributed by atoms with Crippen LogP contribution < -0.4 is 15.5 Å². The number of benzene rings is 1. The van der Waals surface area contributed by atoms with Crippen molar-refractivity contribution in [2.24, 2.45) is 0 Å². The molecular weight excluding hydrogens is 371 g/mol. The molecule has 3 rings (SSSR count). The molecule has 1 fully saturated rings. The van der Waals surface area contributed by atoms with Gasteiger partial charge in [0.25, 0.3) is 0 Å². The molecule has 1 aliphatic rings. The minimum Gasteiger partial charge on any atom is -0.341 e. The van der Waals surface area contributed by atoms with Crippen molar-refractivity contribution >= 4 is 17.7 Å². The molecule has 1 aliphatic heterocycles. The molecule has 0 atom stereocenters. The average molecular weight is 393 g/mol. The number of piperidine rings is 1. The molecule has 2 aromatic rings. The summed E-state index contributed by atoms with van der Waals surface area (Å²) in [4.78, 5) is 23.1. The fourth-order valence-electron chi connectivity index (χ4n) is 3.17. The number of anilines is 2. The summed E-state index contributed by atoms with van der Waals surface area (Å²) in [6.07, 6.45) is -2.93. The Bertz CT molecular complexity index is 810. The number of aromatic nitrogens is 2. The van der Waals surface area contributed by atoms with E-state index in [1.165, 1.54) is 12.1 Å². The third-order valence-corrected chi connectivity index (χ3v) is 4.55. The van der Waals surface area contributed by atoms with Gasteiger partial charge in [0, 0.05) is 36.2 Å². The number of hydrogen-bond donors (Lipinski definition) is 2. The molecule has 0 bridgehead atoms. The quantitative estimate of drug-likeness (QED) is 0.830. The van der Waals surface area contributed by atoms with Gasteiger partial charge in [-0.05, 0) is 57.0 Å². The predicted octanol–water partition coefficient (Wildman–Crippen LogP) is 3.90. The Morgan fingerprint density at radius 1 is 1.07 bits per heavy atom. The number of halogens is 3. The molecule has 2 N–H and O–H groups in total. The maximum absolute atomic E-state index is 12.6. The molecule has 1 aromatic heterocycles. The summed E-state index contributed by atoms with van der Waals surface area (Å²) in [7, 11) is 0. The van der Waals surface area contributed by atoms with Gasteiger partial charge in [0.1, 0.15) is 0 Å². The summed E-state index contributed by atoms with van der Waals surface area (Å²) in [6.45, 7) is 5.29. The number of carbonyl (C=O) groups is 1. The average Bonchev–Trinajstić information content (AvgIpc) is 2.61. The summed E-state index contributed by atoms with van der Waals surface area (Å²) < 4.78 is 37.7. The van der Waals surface area contributed by atoms with Crippen molar-refractivity contribution in [1.82, 2.24) is 15.3 Å². The highest BCUT2D eigenvalue weighted by molar-refractivity contribution is 5.89. The van der Waals surface area contributed by atoms with Gasteiger partial charge < -0.3 is 15.5 Å². The molecule has 1 saturated heterocycles. The van der Waals surface area contributed by atoms with Crippen LogP contribution in [0.5, 0.6) is 0 Å². The van der Waals surface area contributed by atoms with E-state index < -0.39 is 17.8 Å². The highest BCUT2D eigenvalue weighted by atomic mass is 19.4. The first-order chi connectivity index (χ1) is 13.2. The molecule has 0 radical (unpaired) electrons. The number of amides is 2. The van der Waals surface area contributed by atoms with E-state index in [1.807, 2.05) is 19.9 Å². The topological polar surface area (TPSA) is 70.2 Å². The number of nitrogens with one attached hydrogen (secondary N) is 2. The van der Waals surface area contributed by atoms with E-state index in [4.69, 9.17) is 0 Å². The minimum absolute atomic E-state index is 0.0170. The van der Waals surface area contributed by atoms with Crippen molar-refractivity contribution in [3.05, 3.63) is 47.3 Å². The third kappa shape index (κ3) is 5.11. The first kappa shape index (κ1) is 19.9. The van der Waals surface area contributed by atoms with Crippen LogP contribution in [0.25, 0.3) is 0 Å². The smallest absolute Gasteiger partial charge is 0.341 e. The Morgan fingerprint density at radius 2 is 1.64 bits per heavy atom. The van der Waals surface area contributed by atoms with Gasteiger partial charge >= 0.3 is 12.2 Å². The summed E-state index contributed by atoms with van der Waals surface area (Å²) >= 11 is 0. The van der Waals surface area contributed by atoms with Crippen LogP contribution in [0.1, 0.15) is 29.8 Å². The molecule has 28 heavy (non-hydrogen) atoms. The Morgan fingerprint density at radius 3 is 2.18 bits per heavy atom. The summed E-state index contributed by atoms with van der Waals surface area (Å²) in [5.74, 6) is 0.699. The highest BCUT2D eigenvalue weighted by Crippen LogP contribution is 2.29. The second-order valence-corrected chi connectivity index (χ2v) is 6.89. The van der Waals surface area contributed by atoms with Gasteiger partial charge in [0.15, 0.2) is 0 Å². The number of rotatable bonds is 3.